The molecule has 1 heterocycles. The standard InChI is InChI=1S/C14H22N2O3/c1-9-6-10-11(16-13(18)15-4-5-17)7-14(2,3)8-12(10)19-9/h6,11,17H,4-5,7-8H2,1-3H3,(H2,15,16,18)/t11-/m0/s1. The fourth-order valence-corrected chi connectivity index (χ4v) is 2.69. The number of hydrogen-bond acceptors (Lipinski definition) is 3. The van der Waals surface area contributed by atoms with Crippen LogP contribution in [-0.4, -0.2) is 24.3 Å². The first kappa shape index (κ1) is 13.9. The minimum absolute atomic E-state index is 0.0325. The largest absolute Gasteiger partial charge is 0.466 e. The molecular weight excluding hydrogens is 244 g/mol. The van der Waals surface area contributed by atoms with Crippen LogP contribution in [0.1, 0.15) is 43.4 Å². The molecule has 0 aromatic carbocycles. The van der Waals surface area contributed by atoms with Gasteiger partial charge >= 0.3 is 6.03 Å². The quantitative estimate of drug-likeness (QED) is 0.782. The van der Waals surface area contributed by atoms with E-state index < -0.39 is 0 Å². The van der Waals surface area contributed by atoms with Gasteiger partial charge < -0.3 is 20.2 Å². The summed E-state index contributed by atoms with van der Waals surface area (Å²) in [5, 5.41) is 14.3. The van der Waals surface area contributed by atoms with Gasteiger partial charge in [-0.05, 0) is 24.8 Å². The third kappa shape index (κ3) is 3.29. The summed E-state index contributed by atoms with van der Waals surface area (Å²) in [4.78, 5) is 11.7. The highest BCUT2D eigenvalue weighted by Gasteiger charge is 2.35. The predicted octanol–water partition coefficient (Wildman–Crippen LogP) is 1.89. The Morgan fingerprint density at radius 3 is 3.00 bits per heavy atom. The fourth-order valence-electron chi connectivity index (χ4n) is 2.69. The molecule has 0 spiro atoms. The second-order valence-electron chi connectivity index (χ2n) is 5.96. The first-order chi connectivity index (χ1) is 8.91. The maximum Gasteiger partial charge on any atom is 0.315 e. The normalized spacial score (nSPS) is 20.7. The van der Waals surface area contributed by atoms with Crippen LogP contribution in [0.3, 0.4) is 0 Å². The number of urea groups is 1. The summed E-state index contributed by atoms with van der Waals surface area (Å²) in [5.41, 5.74) is 1.18. The number of fused-ring (bicyclic) bond motifs is 1. The highest BCUT2D eigenvalue weighted by Crippen LogP contribution is 2.41. The van der Waals surface area contributed by atoms with E-state index in [0.29, 0.717) is 0 Å². The van der Waals surface area contributed by atoms with Gasteiger partial charge in [-0.1, -0.05) is 13.8 Å². The zero-order valence-electron chi connectivity index (χ0n) is 11.7. The molecule has 1 aromatic rings. The molecular formula is C14H22N2O3. The van der Waals surface area contributed by atoms with Crippen LogP contribution in [0.4, 0.5) is 4.79 Å². The van der Waals surface area contributed by atoms with Gasteiger partial charge in [0.05, 0.1) is 12.6 Å². The number of nitrogens with one attached hydrogen (secondary N) is 2. The van der Waals surface area contributed by atoms with E-state index in [2.05, 4.69) is 24.5 Å². The Kier molecular flexibility index (Phi) is 3.85. The van der Waals surface area contributed by atoms with Crippen molar-refractivity contribution in [1.82, 2.24) is 10.6 Å². The van der Waals surface area contributed by atoms with Crippen LogP contribution >= 0.6 is 0 Å². The molecule has 0 radical (unpaired) electrons. The van der Waals surface area contributed by atoms with Gasteiger partial charge in [-0.2, -0.15) is 0 Å². The summed E-state index contributed by atoms with van der Waals surface area (Å²) in [5.74, 6) is 1.85. The average molecular weight is 266 g/mol. The van der Waals surface area contributed by atoms with Gasteiger partial charge in [0.2, 0.25) is 0 Å². The Morgan fingerprint density at radius 1 is 1.58 bits per heavy atom. The van der Waals surface area contributed by atoms with Crippen molar-refractivity contribution in [3.63, 3.8) is 0 Å². The van der Waals surface area contributed by atoms with Crippen molar-refractivity contribution < 1.29 is 14.3 Å². The molecule has 5 nitrogen and oxygen atoms in total. The highest BCUT2D eigenvalue weighted by atomic mass is 16.3. The molecule has 0 aliphatic heterocycles. The van der Waals surface area contributed by atoms with Crippen molar-refractivity contribution in [2.24, 2.45) is 5.41 Å². The Labute approximate surface area is 113 Å². The molecule has 2 rings (SSSR count). The van der Waals surface area contributed by atoms with Crippen LogP contribution in [0.2, 0.25) is 0 Å². The van der Waals surface area contributed by atoms with Crippen LogP contribution in [-0.2, 0) is 6.42 Å². The molecule has 1 aromatic heterocycles. The van der Waals surface area contributed by atoms with Gasteiger partial charge in [-0.25, -0.2) is 4.79 Å². The molecule has 0 unspecified atom stereocenters. The van der Waals surface area contributed by atoms with Crippen LogP contribution < -0.4 is 10.6 Å². The Balaban J connectivity index is 2.13. The molecule has 0 saturated heterocycles. The predicted molar refractivity (Wildman–Crippen MR) is 71.9 cm³/mol. The molecule has 1 aliphatic carbocycles. The van der Waals surface area contributed by atoms with E-state index in [0.717, 1.165) is 29.9 Å². The monoisotopic (exact) mass is 266 g/mol. The number of aliphatic hydroxyl groups is 1. The average Bonchev–Trinajstić information content (AvgIpc) is 2.65. The van der Waals surface area contributed by atoms with E-state index in [-0.39, 0.29) is 30.6 Å². The van der Waals surface area contributed by atoms with Gasteiger partial charge in [-0.15, -0.1) is 0 Å². The third-order valence-corrected chi connectivity index (χ3v) is 3.44. The molecule has 0 bridgehead atoms. The lowest BCUT2D eigenvalue weighted by Gasteiger charge is -2.34. The fraction of sp³-hybridized carbons (Fsp3) is 0.643. The first-order valence-electron chi connectivity index (χ1n) is 6.66. The number of hydrogen-bond donors (Lipinski definition) is 3. The van der Waals surface area contributed by atoms with Gasteiger partial charge in [0, 0.05) is 18.5 Å². The van der Waals surface area contributed by atoms with E-state index in [1.165, 1.54) is 0 Å². The van der Waals surface area contributed by atoms with E-state index in [4.69, 9.17) is 9.52 Å². The van der Waals surface area contributed by atoms with Crippen LogP contribution in [0, 0.1) is 12.3 Å². The molecule has 2 amide bonds. The molecule has 3 N–H and O–H groups in total. The zero-order chi connectivity index (χ0) is 14.0. The number of furan rings is 1. The van der Waals surface area contributed by atoms with E-state index >= 15 is 0 Å². The van der Waals surface area contributed by atoms with Gasteiger partial charge in [0.25, 0.3) is 0 Å². The Bertz CT molecular complexity index is 465. The zero-order valence-corrected chi connectivity index (χ0v) is 11.7. The molecule has 19 heavy (non-hydrogen) atoms. The maximum atomic E-state index is 11.7. The van der Waals surface area contributed by atoms with Gasteiger partial charge in [0.15, 0.2) is 0 Å². The van der Waals surface area contributed by atoms with Crippen molar-refractivity contribution in [2.75, 3.05) is 13.2 Å². The van der Waals surface area contributed by atoms with E-state index in [9.17, 15) is 4.79 Å². The van der Waals surface area contributed by atoms with Crippen molar-refractivity contribution in [1.29, 1.82) is 0 Å². The molecule has 1 atom stereocenters. The SMILES string of the molecule is Cc1cc2c(o1)CC(C)(C)C[C@@H]2NC(=O)NCCO. The van der Waals surface area contributed by atoms with Crippen molar-refractivity contribution >= 4 is 6.03 Å². The lowest BCUT2D eigenvalue weighted by Crippen LogP contribution is -2.42. The van der Waals surface area contributed by atoms with E-state index in [1.807, 2.05) is 13.0 Å². The van der Waals surface area contributed by atoms with Crippen molar-refractivity contribution in [2.45, 2.75) is 39.7 Å². The third-order valence-electron chi connectivity index (χ3n) is 3.44. The molecule has 1 aliphatic rings. The Hall–Kier alpha value is -1.49. The smallest absolute Gasteiger partial charge is 0.315 e. The number of amides is 2. The van der Waals surface area contributed by atoms with Crippen LogP contribution in [0.25, 0.3) is 0 Å². The van der Waals surface area contributed by atoms with Gasteiger partial charge in [-0.3, -0.25) is 0 Å². The lowest BCUT2D eigenvalue weighted by molar-refractivity contribution is 0.211. The summed E-state index contributed by atoms with van der Waals surface area (Å²) >= 11 is 0. The first-order valence-corrected chi connectivity index (χ1v) is 6.66. The number of aliphatic hydroxyl groups excluding tert-OH is 1. The number of carbonyl (C=O) groups is 1. The topological polar surface area (TPSA) is 74.5 Å². The number of aryl methyl sites for hydroxylation is 1. The second-order valence-corrected chi connectivity index (χ2v) is 5.96. The molecule has 0 saturated carbocycles. The highest BCUT2D eigenvalue weighted by molar-refractivity contribution is 5.74. The number of carbonyl (C=O) groups excluding carboxylic acids is 1. The van der Waals surface area contributed by atoms with E-state index in [1.54, 1.807) is 0 Å². The van der Waals surface area contributed by atoms with Crippen LogP contribution in [0.15, 0.2) is 10.5 Å². The van der Waals surface area contributed by atoms with Crippen molar-refractivity contribution in [3.05, 3.63) is 23.2 Å². The summed E-state index contributed by atoms with van der Waals surface area (Å²) in [6.07, 6.45) is 1.78. The van der Waals surface area contributed by atoms with Crippen molar-refractivity contribution in [3.8, 4) is 0 Å². The summed E-state index contributed by atoms with van der Waals surface area (Å²) < 4.78 is 5.72. The Morgan fingerprint density at radius 2 is 2.32 bits per heavy atom. The summed E-state index contributed by atoms with van der Waals surface area (Å²) in [6.45, 7) is 6.48. The molecule has 106 valence electrons. The summed E-state index contributed by atoms with van der Waals surface area (Å²) in [7, 11) is 0. The maximum absolute atomic E-state index is 11.7. The number of rotatable bonds is 3. The minimum atomic E-state index is -0.249. The summed E-state index contributed by atoms with van der Waals surface area (Å²) in [6, 6.07) is 1.72. The molecule has 0 fully saturated rings. The van der Waals surface area contributed by atoms with Crippen LogP contribution in [0.5, 0.6) is 0 Å². The second kappa shape index (κ2) is 5.25. The minimum Gasteiger partial charge on any atom is -0.466 e. The van der Waals surface area contributed by atoms with Gasteiger partial charge in [0.1, 0.15) is 11.5 Å². The lowest BCUT2D eigenvalue weighted by atomic mass is 9.75. The molecule has 5 heteroatoms.